The quantitative estimate of drug-likeness (QED) is 0.227. The minimum atomic E-state index is -2.28. The molecule has 2 amide bonds. The molecule has 0 aromatic heterocycles. The van der Waals surface area contributed by atoms with Gasteiger partial charge < -0.3 is 59.1 Å². The Balaban J connectivity index is 1.67. The maximum absolute atomic E-state index is 12.8. The Morgan fingerprint density at radius 2 is 1.15 bits per heavy atom. The lowest BCUT2D eigenvalue weighted by Crippen LogP contribution is -2.56. The molecule has 3 rings (SSSR count). The highest BCUT2D eigenvalue weighted by atomic mass is 16.6. The number of ether oxygens (including phenoxy) is 7. The summed E-state index contributed by atoms with van der Waals surface area (Å²) in [6, 6.07) is 5.68. The van der Waals surface area contributed by atoms with Crippen molar-refractivity contribution in [1.29, 1.82) is 0 Å². The van der Waals surface area contributed by atoms with E-state index in [0.29, 0.717) is 5.75 Å². The van der Waals surface area contributed by atoms with E-state index in [1.807, 2.05) is 0 Å². The van der Waals surface area contributed by atoms with Gasteiger partial charge in [-0.3, -0.25) is 9.59 Å². The average Bonchev–Trinajstić information content (AvgIpc) is 3.19. The van der Waals surface area contributed by atoms with Crippen LogP contribution in [0, 0.1) is 0 Å². The standard InChI is InChI=1S/C26H34N2O12/c1-34-15-7-13(8-16(35-2)20(15)38-5)23(30)27-11-19-22(29)26(33,25(32)40-19)12-28-24(31)14-9-17(36-3)21(39-6)18(10-14)37-4/h7-10,19,22,25,29,32-33H,11-12H2,1-6H3,(H,27,30)(H,28,31)/t19-,22-,25?,26?/m1/s1. The summed E-state index contributed by atoms with van der Waals surface area (Å²) in [6.45, 7) is -0.862. The van der Waals surface area contributed by atoms with Crippen molar-refractivity contribution in [2.45, 2.75) is 24.1 Å². The second kappa shape index (κ2) is 12.9. The van der Waals surface area contributed by atoms with Crippen molar-refractivity contribution in [3.8, 4) is 34.5 Å². The number of rotatable bonds is 12. The number of methoxy groups -OCH3 is 6. The molecule has 0 spiro atoms. The first-order valence-corrected chi connectivity index (χ1v) is 12.0. The summed E-state index contributed by atoms with van der Waals surface area (Å²) in [5.41, 5.74) is -2.01. The van der Waals surface area contributed by atoms with Gasteiger partial charge in [-0.15, -0.1) is 0 Å². The molecule has 2 aromatic carbocycles. The molecule has 14 nitrogen and oxygen atoms in total. The second-order valence-corrected chi connectivity index (χ2v) is 8.68. The molecule has 4 atom stereocenters. The van der Waals surface area contributed by atoms with Gasteiger partial charge in [-0.2, -0.15) is 0 Å². The molecule has 1 aliphatic heterocycles. The normalized spacial score (nSPS) is 21.8. The van der Waals surface area contributed by atoms with Gasteiger partial charge in [0, 0.05) is 17.7 Å². The fourth-order valence-electron chi connectivity index (χ4n) is 4.22. The predicted octanol–water partition coefficient (Wildman–Crippen LogP) is -0.293. The van der Waals surface area contributed by atoms with Gasteiger partial charge in [0.15, 0.2) is 34.9 Å². The monoisotopic (exact) mass is 566 g/mol. The van der Waals surface area contributed by atoms with Crippen LogP contribution in [0.1, 0.15) is 20.7 Å². The topological polar surface area (TPSA) is 183 Å². The summed E-state index contributed by atoms with van der Waals surface area (Å²) in [4.78, 5) is 25.6. The second-order valence-electron chi connectivity index (χ2n) is 8.68. The van der Waals surface area contributed by atoms with Gasteiger partial charge in [-0.25, -0.2) is 0 Å². The van der Waals surface area contributed by atoms with Crippen LogP contribution >= 0.6 is 0 Å². The fourth-order valence-corrected chi connectivity index (χ4v) is 4.22. The van der Waals surface area contributed by atoms with Crippen LogP contribution in [0.2, 0.25) is 0 Å². The number of hydrogen-bond donors (Lipinski definition) is 5. The molecule has 2 aromatic rings. The number of carbonyl (C=O) groups excluding carboxylic acids is 2. The fraction of sp³-hybridized carbons (Fsp3) is 0.462. The van der Waals surface area contributed by atoms with E-state index in [0.717, 1.165) is 0 Å². The van der Waals surface area contributed by atoms with Gasteiger partial charge in [-0.05, 0) is 24.3 Å². The molecule has 2 unspecified atom stereocenters. The van der Waals surface area contributed by atoms with Gasteiger partial charge in [0.05, 0.1) is 49.2 Å². The molecule has 0 saturated carbocycles. The molecule has 0 aliphatic carbocycles. The minimum absolute atomic E-state index is 0.107. The molecule has 1 aliphatic rings. The Morgan fingerprint density at radius 3 is 1.52 bits per heavy atom. The van der Waals surface area contributed by atoms with E-state index in [2.05, 4.69) is 10.6 Å². The van der Waals surface area contributed by atoms with Crippen molar-refractivity contribution in [1.82, 2.24) is 10.6 Å². The smallest absolute Gasteiger partial charge is 0.251 e. The Hall–Kier alpha value is -3.98. The van der Waals surface area contributed by atoms with E-state index < -0.39 is 42.5 Å². The summed E-state index contributed by atoms with van der Waals surface area (Å²) in [6.07, 6.45) is -4.75. The number of aliphatic hydroxyl groups excluding tert-OH is 2. The Morgan fingerprint density at radius 1 is 0.750 bits per heavy atom. The molecule has 0 radical (unpaired) electrons. The van der Waals surface area contributed by atoms with E-state index in [1.54, 1.807) is 0 Å². The van der Waals surface area contributed by atoms with Crippen molar-refractivity contribution in [2.24, 2.45) is 0 Å². The van der Waals surface area contributed by atoms with Gasteiger partial charge in [0.2, 0.25) is 11.5 Å². The van der Waals surface area contributed by atoms with Crippen LogP contribution in [0.15, 0.2) is 24.3 Å². The van der Waals surface area contributed by atoms with Crippen molar-refractivity contribution in [2.75, 3.05) is 55.7 Å². The number of carbonyl (C=O) groups is 2. The number of hydrogen-bond acceptors (Lipinski definition) is 12. The highest BCUT2D eigenvalue weighted by Gasteiger charge is 2.55. The zero-order chi connectivity index (χ0) is 29.6. The third-order valence-electron chi connectivity index (χ3n) is 6.45. The van der Waals surface area contributed by atoms with Gasteiger partial charge in [-0.1, -0.05) is 0 Å². The molecule has 220 valence electrons. The maximum Gasteiger partial charge on any atom is 0.251 e. The summed E-state index contributed by atoms with van der Waals surface area (Å²) < 4.78 is 36.8. The summed E-state index contributed by atoms with van der Waals surface area (Å²) in [5, 5.41) is 37.2. The summed E-state index contributed by atoms with van der Waals surface area (Å²) >= 11 is 0. The summed E-state index contributed by atoms with van der Waals surface area (Å²) in [5.74, 6) is 0.343. The molecule has 5 N–H and O–H groups in total. The highest BCUT2D eigenvalue weighted by Crippen LogP contribution is 2.39. The van der Waals surface area contributed by atoms with Crippen LogP contribution < -0.4 is 39.1 Å². The highest BCUT2D eigenvalue weighted by molar-refractivity contribution is 5.96. The van der Waals surface area contributed by atoms with Gasteiger partial charge >= 0.3 is 0 Å². The minimum Gasteiger partial charge on any atom is -0.493 e. The Bertz CT molecular complexity index is 1170. The van der Waals surface area contributed by atoms with E-state index in [4.69, 9.17) is 33.2 Å². The molecule has 1 heterocycles. The Kier molecular flexibility index (Phi) is 9.87. The van der Waals surface area contributed by atoms with Crippen molar-refractivity contribution < 1.29 is 58.1 Å². The van der Waals surface area contributed by atoms with Gasteiger partial charge in [0.1, 0.15) is 12.2 Å². The maximum atomic E-state index is 12.8. The number of nitrogens with one attached hydrogen (secondary N) is 2. The first kappa shape index (κ1) is 30.6. The van der Waals surface area contributed by atoms with E-state index in [-0.39, 0.29) is 46.4 Å². The van der Waals surface area contributed by atoms with Crippen LogP contribution in [0.3, 0.4) is 0 Å². The molecule has 1 fully saturated rings. The van der Waals surface area contributed by atoms with Crippen LogP contribution in [-0.4, -0.2) is 107 Å². The molecule has 0 bridgehead atoms. The zero-order valence-electron chi connectivity index (χ0n) is 23.0. The first-order valence-electron chi connectivity index (χ1n) is 12.0. The van der Waals surface area contributed by atoms with Crippen molar-refractivity contribution in [3.05, 3.63) is 35.4 Å². The number of amides is 2. The third kappa shape index (κ3) is 5.94. The summed E-state index contributed by atoms with van der Waals surface area (Å²) in [7, 11) is 8.45. The lowest BCUT2D eigenvalue weighted by atomic mass is 9.94. The van der Waals surface area contributed by atoms with Crippen molar-refractivity contribution >= 4 is 11.8 Å². The Labute approximate surface area is 230 Å². The molecular weight excluding hydrogens is 532 g/mol. The molecule has 40 heavy (non-hydrogen) atoms. The van der Waals surface area contributed by atoms with Crippen LogP contribution in [0.25, 0.3) is 0 Å². The van der Waals surface area contributed by atoms with Crippen molar-refractivity contribution in [3.63, 3.8) is 0 Å². The van der Waals surface area contributed by atoms with E-state index >= 15 is 0 Å². The lowest BCUT2D eigenvalue weighted by molar-refractivity contribution is -0.172. The van der Waals surface area contributed by atoms with Crippen LogP contribution in [0.4, 0.5) is 0 Å². The first-order chi connectivity index (χ1) is 19.1. The van der Waals surface area contributed by atoms with Gasteiger partial charge in [0.25, 0.3) is 11.8 Å². The SMILES string of the molecule is COc1cc(C(=O)NC[C@H]2OC(O)C(O)(CNC(=O)c3cc(OC)c(OC)c(OC)c3)[C@@H]2O)cc(OC)c1OC. The van der Waals surface area contributed by atoms with Crippen LogP contribution in [0.5, 0.6) is 34.5 Å². The predicted molar refractivity (Wildman–Crippen MR) is 139 cm³/mol. The van der Waals surface area contributed by atoms with E-state index in [1.165, 1.54) is 66.9 Å². The number of aliphatic hydroxyl groups is 3. The lowest BCUT2D eigenvalue weighted by Gasteiger charge is -2.28. The zero-order valence-corrected chi connectivity index (χ0v) is 23.0. The van der Waals surface area contributed by atoms with E-state index in [9.17, 15) is 24.9 Å². The molecule has 1 saturated heterocycles. The third-order valence-corrected chi connectivity index (χ3v) is 6.45. The van der Waals surface area contributed by atoms with Crippen LogP contribution in [-0.2, 0) is 4.74 Å². The molecular formula is C26H34N2O12. The number of benzene rings is 2. The average molecular weight is 567 g/mol. The largest absolute Gasteiger partial charge is 0.493 e. The molecule has 14 heteroatoms.